The lowest BCUT2D eigenvalue weighted by molar-refractivity contribution is -0.130. The molecule has 3 heterocycles. The number of benzene rings is 1. The molecule has 4 rings (SSSR count). The number of aromatic nitrogens is 4. The van der Waals surface area contributed by atoms with E-state index in [0.717, 1.165) is 49.5 Å². The molecule has 7 nitrogen and oxygen atoms in total. The van der Waals surface area contributed by atoms with Gasteiger partial charge in [0.05, 0.1) is 11.4 Å². The normalized spacial score (nSPS) is 15.0. The summed E-state index contributed by atoms with van der Waals surface area (Å²) in [5.41, 5.74) is 3.19. The van der Waals surface area contributed by atoms with Crippen LogP contribution >= 0.6 is 23.1 Å². The van der Waals surface area contributed by atoms with Crippen LogP contribution in [0, 0.1) is 13.8 Å². The molecule has 1 fully saturated rings. The summed E-state index contributed by atoms with van der Waals surface area (Å²) in [5.74, 6) is 0.483. The zero-order valence-corrected chi connectivity index (χ0v) is 18.2. The van der Waals surface area contributed by atoms with E-state index in [9.17, 15) is 4.79 Å². The Balaban J connectivity index is 1.32. The molecule has 152 valence electrons. The van der Waals surface area contributed by atoms with Crippen molar-refractivity contribution in [2.45, 2.75) is 25.5 Å². The molecular formula is C20H24N6OS2. The molecule has 0 atom stereocenters. The first-order valence-electron chi connectivity index (χ1n) is 9.61. The van der Waals surface area contributed by atoms with Gasteiger partial charge in [0.25, 0.3) is 0 Å². The molecule has 0 bridgehead atoms. The van der Waals surface area contributed by atoms with Crippen molar-refractivity contribution in [1.82, 2.24) is 30.0 Å². The van der Waals surface area contributed by atoms with Gasteiger partial charge >= 0.3 is 0 Å². The molecule has 0 unspecified atom stereocenters. The smallest absolute Gasteiger partial charge is 0.233 e. The second kappa shape index (κ2) is 9.06. The minimum atomic E-state index is 0.140. The van der Waals surface area contributed by atoms with Gasteiger partial charge < -0.3 is 4.90 Å². The maximum absolute atomic E-state index is 12.7. The Morgan fingerprint density at radius 1 is 1.17 bits per heavy atom. The van der Waals surface area contributed by atoms with Crippen molar-refractivity contribution in [3.8, 4) is 5.69 Å². The molecule has 1 aliphatic rings. The predicted molar refractivity (Wildman–Crippen MR) is 116 cm³/mol. The van der Waals surface area contributed by atoms with E-state index in [1.807, 2.05) is 18.7 Å². The zero-order chi connectivity index (χ0) is 20.2. The van der Waals surface area contributed by atoms with Crippen LogP contribution in [0.15, 0.2) is 40.9 Å². The first-order chi connectivity index (χ1) is 14.1. The standard InChI is InChI=1S/C20H24N6OS2/c1-15-5-6-16(2)18(12-15)26-20(21-22-23-26)29-14-19(27)25-9-7-24(8-10-25)13-17-4-3-11-28-17/h3-6,11-12H,7-10,13-14H2,1-2H3. The molecule has 1 aromatic carbocycles. The van der Waals surface area contributed by atoms with Crippen molar-refractivity contribution < 1.29 is 4.79 Å². The highest BCUT2D eigenvalue weighted by molar-refractivity contribution is 7.99. The van der Waals surface area contributed by atoms with E-state index in [2.05, 4.69) is 56.1 Å². The average molecular weight is 429 g/mol. The van der Waals surface area contributed by atoms with E-state index >= 15 is 0 Å². The number of rotatable bonds is 6. The molecule has 2 aromatic heterocycles. The van der Waals surface area contributed by atoms with Crippen LogP contribution in [-0.2, 0) is 11.3 Å². The lowest BCUT2D eigenvalue weighted by atomic mass is 10.1. The Bertz CT molecular complexity index is 963. The van der Waals surface area contributed by atoms with Gasteiger partial charge in [-0.25, -0.2) is 0 Å². The van der Waals surface area contributed by atoms with Crippen molar-refractivity contribution in [1.29, 1.82) is 0 Å². The van der Waals surface area contributed by atoms with Crippen molar-refractivity contribution in [2.75, 3.05) is 31.9 Å². The third-order valence-corrected chi connectivity index (χ3v) is 6.81. The molecule has 29 heavy (non-hydrogen) atoms. The number of hydrogen-bond acceptors (Lipinski definition) is 7. The second-order valence-corrected chi connectivity index (χ2v) is 9.16. The van der Waals surface area contributed by atoms with E-state index < -0.39 is 0 Å². The van der Waals surface area contributed by atoms with E-state index in [0.29, 0.717) is 10.9 Å². The molecule has 9 heteroatoms. The Labute approximate surface area is 178 Å². The Kier molecular flexibility index (Phi) is 6.27. The largest absolute Gasteiger partial charge is 0.339 e. The summed E-state index contributed by atoms with van der Waals surface area (Å²) in [6.45, 7) is 8.41. The molecule has 1 saturated heterocycles. The van der Waals surface area contributed by atoms with Gasteiger partial charge in [0.2, 0.25) is 11.1 Å². The fourth-order valence-corrected chi connectivity index (χ4v) is 4.90. The quantitative estimate of drug-likeness (QED) is 0.563. The Morgan fingerprint density at radius 2 is 2.00 bits per heavy atom. The topological polar surface area (TPSA) is 67.2 Å². The number of nitrogens with zero attached hydrogens (tertiary/aromatic N) is 6. The molecule has 0 aliphatic carbocycles. The minimum Gasteiger partial charge on any atom is -0.339 e. The molecule has 1 amide bonds. The third kappa shape index (κ3) is 4.85. The number of carbonyl (C=O) groups excluding carboxylic acids is 1. The molecule has 0 spiro atoms. The van der Waals surface area contributed by atoms with Gasteiger partial charge in [-0.05, 0) is 52.9 Å². The highest BCUT2D eigenvalue weighted by atomic mass is 32.2. The maximum Gasteiger partial charge on any atom is 0.233 e. The van der Waals surface area contributed by atoms with Crippen molar-refractivity contribution >= 4 is 29.0 Å². The molecule has 0 radical (unpaired) electrons. The zero-order valence-electron chi connectivity index (χ0n) is 16.6. The number of thioether (sulfide) groups is 1. The summed E-state index contributed by atoms with van der Waals surface area (Å²) in [6.07, 6.45) is 0. The van der Waals surface area contributed by atoms with E-state index in [1.165, 1.54) is 16.6 Å². The van der Waals surface area contributed by atoms with Gasteiger partial charge in [-0.3, -0.25) is 9.69 Å². The number of hydrogen-bond donors (Lipinski definition) is 0. The van der Waals surface area contributed by atoms with Crippen LogP contribution in [0.2, 0.25) is 0 Å². The number of thiophene rings is 1. The summed E-state index contributed by atoms with van der Waals surface area (Å²) in [6, 6.07) is 10.4. The van der Waals surface area contributed by atoms with Gasteiger partial charge in [0, 0.05) is 37.6 Å². The number of amides is 1. The van der Waals surface area contributed by atoms with Gasteiger partial charge in [0.1, 0.15) is 0 Å². The van der Waals surface area contributed by atoms with E-state index in [4.69, 9.17) is 0 Å². The second-order valence-electron chi connectivity index (χ2n) is 7.19. The van der Waals surface area contributed by atoms with Gasteiger partial charge in [0.15, 0.2) is 0 Å². The first kappa shape index (κ1) is 20.1. The van der Waals surface area contributed by atoms with Gasteiger partial charge in [-0.15, -0.1) is 16.4 Å². The summed E-state index contributed by atoms with van der Waals surface area (Å²) < 4.78 is 1.72. The van der Waals surface area contributed by atoms with Crippen molar-refractivity contribution in [3.63, 3.8) is 0 Å². The Hall–Kier alpha value is -2.23. The third-order valence-electron chi connectivity index (χ3n) is 5.04. The van der Waals surface area contributed by atoms with E-state index in [-0.39, 0.29) is 5.91 Å². The summed E-state index contributed by atoms with van der Waals surface area (Å²) in [5, 5.41) is 14.8. The van der Waals surface area contributed by atoms with Gasteiger partial charge in [-0.1, -0.05) is 30.0 Å². The number of piperazine rings is 1. The van der Waals surface area contributed by atoms with Crippen molar-refractivity contribution in [2.24, 2.45) is 0 Å². The lowest BCUT2D eigenvalue weighted by Gasteiger charge is -2.34. The fraction of sp³-hybridized carbons (Fsp3) is 0.400. The SMILES string of the molecule is Cc1ccc(C)c(-n2nnnc2SCC(=O)N2CCN(Cc3cccs3)CC2)c1. The van der Waals surface area contributed by atoms with Gasteiger partial charge in [-0.2, -0.15) is 4.68 Å². The van der Waals surface area contributed by atoms with Crippen molar-refractivity contribution in [3.05, 3.63) is 51.7 Å². The van der Waals surface area contributed by atoms with Crippen LogP contribution in [0.5, 0.6) is 0 Å². The molecule has 0 saturated carbocycles. The molecule has 1 aliphatic heterocycles. The van der Waals surface area contributed by atoms with Crippen LogP contribution in [0.1, 0.15) is 16.0 Å². The summed E-state index contributed by atoms with van der Waals surface area (Å²) in [7, 11) is 0. The highest BCUT2D eigenvalue weighted by Gasteiger charge is 2.22. The highest BCUT2D eigenvalue weighted by Crippen LogP contribution is 2.22. The summed E-state index contributed by atoms with van der Waals surface area (Å²) in [4.78, 5) is 18.4. The monoisotopic (exact) mass is 428 g/mol. The average Bonchev–Trinajstić information content (AvgIpc) is 3.40. The predicted octanol–water partition coefficient (Wildman–Crippen LogP) is 2.78. The van der Waals surface area contributed by atoms with E-state index in [1.54, 1.807) is 16.0 Å². The molecule has 3 aromatic rings. The number of carbonyl (C=O) groups is 1. The minimum absolute atomic E-state index is 0.140. The lowest BCUT2D eigenvalue weighted by Crippen LogP contribution is -2.48. The van der Waals surface area contributed by atoms with Crippen LogP contribution in [0.3, 0.4) is 0 Å². The summed E-state index contributed by atoms with van der Waals surface area (Å²) >= 11 is 3.18. The number of aryl methyl sites for hydroxylation is 2. The van der Waals surface area contributed by atoms with Crippen LogP contribution < -0.4 is 0 Å². The fourth-order valence-electron chi connectivity index (χ4n) is 3.36. The van der Waals surface area contributed by atoms with Crippen LogP contribution in [0.4, 0.5) is 0 Å². The first-order valence-corrected chi connectivity index (χ1v) is 11.5. The number of tetrazole rings is 1. The van der Waals surface area contributed by atoms with Crippen LogP contribution in [-0.4, -0.2) is 67.8 Å². The molecule has 0 N–H and O–H groups in total. The molecular weight excluding hydrogens is 404 g/mol. The van der Waals surface area contributed by atoms with Crippen LogP contribution in [0.25, 0.3) is 5.69 Å². The maximum atomic E-state index is 12.7. The Morgan fingerprint density at radius 3 is 2.76 bits per heavy atom.